The molecule has 1 aliphatic carbocycles. The summed E-state index contributed by atoms with van der Waals surface area (Å²) in [6, 6.07) is 0. The Morgan fingerprint density at radius 1 is 1.54 bits per heavy atom. The van der Waals surface area contributed by atoms with Crippen LogP contribution in [0.25, 0.3) is 0 Å². The zero-order valence-corrected chi connectivity index (χ0v) is 8.29. The summed E-state index contributed by atoms with van der Waals surface area (Å²) >= 11 is 0. The summed E-state index contributed by atoms with van der Waals surface area (Å²) in [7, 11) is 0. The maximum Gasteiger partial charge on any atom is 0.136 e. The Labute approximate surface area is 78.8 Å². The number of aliphatic hydroxyl groups is 2. The summed E-state index contributed by atoms with van der Waals surface area (Å²) in [5.74, 6) is 0.0135. The SMILES string of the molecule is CC1C(=O)CCC(C)(CO)C1CO. The van der Waals surface area contributed by atoms with E-state index < -0.39 is 0 Å². The fourth-order valence-corrected chi connectivity index (χ4v) is 2.22. The van der Waals surface area contributed by atoms with E-state index in [1.807, 2.05) is 13.8 Å². The molecular weight excluding hydrogens is 168 g/mol. The monoisotopic (exact) mass is 186 g/mol. The molecule has 1 aliphatic rings. The van der Waals surface area contributed by atoms with Crippen LogP contribution in [0.1, 0.15) is 26.7 Å². The molecule has 0 heterocycles. The molecular formula is C10H18O3. The van der Waals surface area contributed by atoms with Gasteiger partial charge in [-0.3, -0.25) is 4.79 Å². The van der Waals surface area contributed by atoms with Gasteiger partial charge in [-0.1, -0.05) is 13.8 Å². The van der Waals surface area contributed by atoms with E-state index in [1.54, 1.807) is 0 Å². The highest BCUT2D eigenvalue weighted by molar-refractivity contribution is 5.82. The van der Waals surface area contributed by atoms with Crippen LogP contribution in [-0.2, 0) is 4.79 Å². The number of ketones is 1. The van der Waals surface area contributed by atoms with Crippen LogP contribution in [0.5, 0.6) is 0 Å². The molecule has 0 aromatic carbocycles. The van der Waals surface area contributed by atoms with Crippen LogP contribution >= 0.6 is 0 Å². The molecule has 0 aromatic rings. The largest absolute Gasteiger partial charge is 0.396 e. The maximum atomic E-state index is 11.4. The van der Waals surface area contributed by atoms with Gasteiger partial charge in [0.15, 0.2) is 0 Å². The molecule has 0 saturated heterocycles. The molecule has 0 aromatic heterocycles. The normalized spacial score (nSPS) is 40.8. The van der Waals surface area contributed by atoms with E-state index in [9.17, 15) is 15.0 Å². The molecule has 3 nitrogen and oxygen atoms in total. The van der Waals surface area contributed by atoms with Crippen molar-refractivity contribution in [1.82, 2.24) is 0 Å². The number of Topliss-reactive ketones (excluding diaryl/α,β-unsaturated/α-hetero) is 1. The van der Waals surface area contributed by atoms with Gasteiger partial charge >= 0.3 is 0 Å². The summed E-state index contributed by atoms with van der Waals surface area (Å²) in [5, 5.41) is 18.4. The van der Waals surface area contributed by atoms with E-state index in [0.717, 1.165) is 0 Å². The molecule has 1 fully saturated rings. The van der Waals surface area contributed by atoms with E-state index in [1.165, 1.54) is 0 Å². The molecule has 3 heteroatoms. The lowest BCUT2D eigenvalue weighted by Crippen LogP contribution is -2.44. The molecule has 0 radical (unpaired) electrons. The summed E-state index contributed by atoms with van der Waals surface area (Å²) in [6.45, 7) is 3.83. The van der Waals surface area contributed by atoms with E-state index >= 15 is 0 Å². The zero-order valence-electron chi connectivity index (χ0n) is 8.29. The number of hydrogen-bond donors (Lipinski definition) is 2. The van der Waals surface area contributed by atoms with Crippen LogP contribution in [-0.4, -0.2) is 29.2 Å². The zero-order chi connectivity index (χ0) is 10.1. The molecule has 0 amide bonds. The van der Waals surface area contributed by atoms with Gasteiger partial charge in [0.05, 0.1) is 0 Å². The number of hydrogen-bond acceptors (Lipinski definition) is 3. The van der Waals surface area contributed by atoms with Crippen LogP contribution in [0.2, 0.25) is 0 Å². The smallest absolute Gasteiger partial charge is 0.136 e. The summed E-state index contributed by atoms with van der Waals surface area (Å²) < 4.78 is 0. The van der Waals surface area contributed by atoms with Gasteiger partial charge < -0.3 is 10.2 Å². The molecule has 3 atom stereocenters. The van der Waals surface area contributed by atoms with Crippen molar-refractivity contribution in [3.8, 4) is 0 Å². The second kappa shape index (κ2) is 3.76. The van der Waals surface area contributed by atoms with Crippen LogP contribution in [0.4, 0.5) is 0 Å². The topological polar surface area (TPSA) is 57.5 Å². The van der Waals surface area contributed by atoms with Gasteiger partial charge in [-0.15, -0.1) is 0 Å². The van der Waals surface area contributed by atoms with Crippen LogP contribution in [0.3, 0.4) is 0 Å². The molecule has 0 spiro atoms. The lowest BCUT2D eigenvalue weighted by molar-refractivity contribution is -0.134. The predicted molar refractivity (Wildman–Crippen MR) is 49.2 cm³/mol. The minimum atomic E-state index is -0.276. The molecule has 13 heavy (non-hydrogen) atoms. The first-order chi connectivity index (χ1) is 6.05. The first-order valence-corrected chi connectivity index (χ1v) is 4.79. The van der Waals surface area contributed by atoms with Gasteiger partial charge in [0.2, 0.25) is 0 Å². The molecule has 0 bridgehead atoms. The van der Waals surface area contributed by atoms with Crippen molar-refractivity contribution >= 4 is 5.78 Å². The van der Waals surface area contributed by atoms with Gasteiger partial charge in [0, 0.05) is 25.6 Å². The lowest BCUT2D eigenvalue weighted by Gasteiger charge is -2.42. The van der Waals surface area contributed by atoms with Crippen molar-refractivity contribution in [3.63, 3.8) is 0 Å². The third-order valence-electron chi connectivity index (χ3n) is 3.51. The fraction of sp³-hybridized carbons (Fsp3) is 0.900. The van der Waals surface area contributed by atoms with Crippen LogP contribution in [0.15, 0.2) is 0 Å². The highest BCUT2D eigenvalue weighted by Gasteiger charge is 2.43. The lowest BCUT2D eigenvalue weighted by atomic mass is 9.63. The van der Waals surface area contributed by atoms with Crippen molar-refractivity contribution in [1.29, 1.82) is 0 Å². The van der Waals surface area contributed by atoms with Crippen molar-refractivity contribution < 1.29 is 15.0 Å². The maximum absolute atomic E-state index is 11.4. The average Bonchev–Trinajstić information content (AvgIpc) is 2.13. The Bertz CT molecular complexity index is 202. The van der Waals surface area contributed by atoms with Crippen LogP contribution in [0, 0.1) is 17.3 Å². The van der Waals surface area contributed by atoms with Crippen LogP contribution < -0.4 is 0 Å². The fourth-order valence-electron chi connectivity index (χ4n) is 2.22. The summed E-state index contributed by atoms with van der Waals surface area (Å²) in [4.78, 5) is 11.4. The Kier molecular flexibility index (Phi) is 3.09. The van der Waals surface area contributed by atoms with E-state index in [4.69, 9.17) is 0 Å². The van der Waals surface area contributed by atoms with E-state index in [0.29, 0.717) is 12.8 Å². The van der Waals surface area contributed by atoms with Gasteiger partial charge in [-0.25, -0.2) is 0 Å². The Balaban J connectivity index is 2.83. The predicted octanol–water partition coefficient (Wildman–Crippen LogP) is 0.593. The second-order valence-corrected chi connectivity index (χ2v) is 4.36. The number of carbonyl (C=O) groups excluding carboxylic acids is 1. The average molecular weight is 186 g/mol. The third-order valence-corrected chi connectivity index (χ3v) is 3.51. The quantitative estimate of drug-likeness (QED) is 0.663. The first kappa shape index (κ1) is 10.7. The summed E-state index contributed by atoms with van der Waals surface area (Å²) in [6.07, 6.45) is 1.23. The molecule has 2 N–H and O–H groups in total. The van der Waals surface area contributed by atoms with Crippen molar-refractivity contribution in [2.75, 3.05) is 13.2 Å². The minimum absolute atomic E-state index is 0.00995. The third kappa shape index (κ3) is 1.76. The second-order valence-electron chi connectivity index (χ2n) is 4.36. The highest BCUT2D eigenvalue weighted by atomic mass is 16.3. The van der Waals surface area contributed by atoms with Crippen molar-refractivity contribution in [2.24, 2.45) is 17.3 Å². The van der Waals surface area contributed by atoms with Gasteiger partial charge in [-0.2, -0.15) is 0 Å². The van der Waals surface area contributed by atoms with Crippen molar-refractivity contribution in [3.05, 3.63) is 0 Å². The Hall–Kier alpha value is -0.410. The Morgan fingerprint density at radius 2 is 2.15 bits per heavy atom. The molecule has 0 aliphatic heterocycles. The Morgan fingerprint density at radius 3 is 2.62 bits per heavy atom. The van der Waals surface area contributed by atoms with E-state index in [-0.39, 0.29) is 36.2 Å². The van der Waals surface area contributed by atoms with E-state index in [2.05, 4.69) is 0 Å². The first-order valence-electron chi connectivity index (χ1n) is 4.79. The molecule has 1 saturated carbocycles. The van der Waals surface area contributed by atoms with Gasteiger partial charge in [-0.05, 0) is 17.8 Å². The molecule has 3 unspecified atom stereocenters. The standard InChI is InChI=1S/C10H18O3/c1-7-8(5-11)10(2,6-12)4-3-9(7)13/h7-8,11-12H,3-6H2,1-2H3. The van der Waals surface area contributed by atoms with Crippen molar-refractivity contribution in [2.45, 2.75) is 26.7 Å². The number of rotatable bonds is 2. The molecule has 76 valence electrons. The number of carbonyl (C=O) groups is 1. The molecule has 1 rings (SSSR count). The number of aliphatic hydroxyl groups excluding tert-OH is 2. The van der Waals surface area contributed by atoms with Gasteiger partial charge in [0.1, 0.15) is 5.78 Å². The highest BCUT2D eigenvalue weighted by Crippen LogP contribution is 2.41. The van der Waals surface area contributed by atoms with Gasteiger partial charge in [0.25, 0.3) is 0 Å². The summed E-state index contributed by atoms with van der Waals surface area (Å²) in [5.41, 5.74) is -0.276. The minimum Gasteiger partial charge on any atom is -0.396 e.